The Labute approximate surface area is 208 Å². The molecule has 0 spiro atoms. The first-order chi connectivity index (χ1) is 17.4. The van der Waals surface area contributed by atoms with Crippen LogP contribution < -0.4 is 5.32 Å². The van der Waals surface area contributed by atoms with Crippen LogP contribution in [0.4, 0.5) is 8.78 Å². The number of nitrogens with one attached hydrogen (secondary N) is 1. The minimum Gasteiger partial charge on any atom is -0.365 e. The number of carbonyl (C=O) groups excluding carboxylic acids is 2. The smallest absolute Gasteiger partial charge is 0.274 e. The summed E-state index contributed by atoms with van der Waals surface area (Å²) in [5, 5.41) is 3.00. The predicted molar refractivity (Wildman–Crippen MR) is 128 cm³/mol. The van der Waals surface area contributed by atoms with E-state index in [1.54, 1.807) is 35.5 Å². The van der Waals surface area contributed by atoms with Crippen LogP contribution >= 0.6 is 0 Å². The number of aromatic nitrogens is 2. The van der Waals surface area contributed by atoms with Gasteiger partial charge in [-0.3, -0.25) is 9.59 Å². The minimum absolute atomic E-state index is 0.0569. The summed E-state index contributed by atoms with van der Waals surface area (Å²) in [6.07, 6.45) is 2.54. The van der Waals surface area contributed by atoms with Gasteiger partial charge in [0.05, 0.1) is 31.2 Å². The number of hydrogen-bond acceptors (Lipinski definition) is 4. The molecule has 36 heavy (non-hydrogen) atoms. The van der Waals surface area contributed by atoms with E-state index in [1.807, 2.05) is 11.5 Å². The summed E-state index contributed by atoms with van der Waals surface area (Å²) in [6.45, 7) is 3.54. The normalized spacial score (nSPS) is 19.0. The van der Waals surface area contributed by atoms with Crippen LogP contribution in [0.15, 0.2) is 54.9 Å². The number of fused-ring (bicyclic) bond motifs is 1. The molecule has 0 aliphatic carbocycles. The zero-order chi connectivity index (χ0) is 25.2. The molecule has 0 radical (unpaired) electrons. The summed E-state index contributed by atoms with van der Waals surface area (Å²) in [7, 11) is 0. The number of rotatable bonds is 5. The lowest BCUT2D eigenvalue weighted by molar-refractivity contribution is -0.127. The SMILES string of the molecule is C[C@@H](NC(=O)C1CCN(C(=O)c2ncn3c2CO[C@@H](c2ccc(F)cc2)C3)CC1)c1ccc(F)cc1. The van der Waals surface area contributed by atoms with E-state index in [-0.39, 0.29) is 48.1 Å². The fraction of sp³-hybridized carbons (Fsp3) is 0.370. The molecule has 1 fully saturated rings. The fourth-order valence-corrected chi connectivity index (χ4v) is 4.85. The van der Waals surface area contributed by atoms with E-state index in [1.165, 1.54) is 24.3 Å². The largest absolute Gasteiger partial charge is 0.365 e. The molecule has 1 N–H and O–H groups in total. The van der Waals surface area contributed by atoms with Crippen molar-refractivity contribution in [1.29, 1.82) is 0 Å². The Balaban J connectivity index is 1.16. The molecule has 2 aliphatic heterocycles. The average molecular weight is 495 g/mol. The molecular formula is C27H28F2N4O3. The third-order valence-electron chi connectivity index (χ3n) is 7.06. The molecule has 2 aromatic carbocycles. The van der Waals surface area contributed by atoms with Crippen LogP contribution in [0.2, 0.25) is 0 Å². The van der Waals surface area contributed by atoms with Crippen LogP contribution in [0.1, 0.15) is 59.2 Å². The second kappa shape index (κ2) is 10.2. The maximum Gasteiger partial charge on any atom is 0.274 e. The molecule has 1 saturated heterocycles. The molecule has 9 heteroatoms. The molecule has 2 atom stereocenters. The Bertz CT molecular complexity index is 1230. The Morgan fingerprint density at radius 2 is 1.67 bits per heavy atom. The number of likely N-dealkylation sites (tertiary alicyclic amines) is 1. The first-order valence-electron chi connectivity index (χ1n) is 12.1. The van der Waals surface area contributed by atoms with Crippen LogP contribution in [-0.2, 0) is 22.7 Å². The zero-order valence-corrected chi connectivity index (χ0v) is 20.0. The fourth-order valence-electron chi connectivity index (χ4n) is 4.85. The quantitative estimate of drug-likeness (QED) is 0.578. The van der Waals surface area contributed by atoms with Crippen LogP contribution in [0.3, 0.4) is 0 Å². The number of hydrogen-bond donors (Lipinski definition) is 1. The lowest BCUT2D eigenvalue weighted by atomic mass is 9.95. The second-order valence-corrected chi connectivity index (χ2v) is 9.39. The lowest BCUT2D eigenvalue weighted by Gasteiger charge is -2.32. The van der Waals surface area contributed by atoms with Gasteiger partial charge in [-0.15, -0.1) is 0 Å². The summed E-state index contributed by atoms with van der Waals surface area (Å²) in [5.41, 5.74) is 2.82. The van der Waals surface area contributed by atoms with Crippen LogP contribution in [-0.4, -0.2) is 39.4 Å². The Morgan fingerprint density at radius 1 is 1.03 bits per heavy atom. The van der Waals surface area contributed by atoms with E-state index in [0.717, 1.165) is 16.8 Å². The number of benzene rings is 2. The monoisotopic (exact) mass is 494 g/mol. The van der Waals surface area contributed by atoms with Gasteiger partial charge in [0.25, 0.3) is 5.91 Å². The maximum absolute atomic E-state index is 13.2. The van der Waals surface area contributed by atoms with Crippen molar-refractivity contribution in [3.8, 4) is 0 Å². The topological polar surface area (TPSA) is 76.5 Å². The highest BCUT2D eigenvalue weighted by Gasteiger charge is 2.32. The molecule has 3 heterocycles. The summed E-state index contributed by atoms with van der Waals surface area (Å²) in [5.74, 6) is -1.01. The zero-order valence-electron chi connectivity index (χ0n) is 20.0. The highest BCUT2D eigenvalue weighted by atomic mass is 19.1. The number of ether oxygens (including phenoxy) is 1. The van der Waals surface area contributed by atoms with E-state index >= 15 is 0 Å². The molecule has 3 aromatic rings. The van der Waals surface area contributed by atoms with Crippen molar-refractivity contribution in [2.45, 2.75) is 45.1 Å². The van der Waals surface area contributed by atoms with Crippen molar-refractivity contribution in [3.05, 3.63) is 89.0 Å². The highest BCUT2D eigenvalue weighted by Crippen LogP contribution is 2.29. The number of nitrogens with zero attached hydrogens (tertiary/aromatic N) is 3. The predicted octanol–water partition coefficient (Wildman–Crippen LogP) is 4.16. The molecule has 0 bridgehead atoms. The lowest BCUT2D eigenvalue weighted by Crippen LogP contribution is -2.43. The van der Waals surface area contributed by atoms with E-state index in [0.29, 0.717) is 38.2 Å². The van der Waals surface area contributed by atoms with Gasteiger partial charge in [-0.05, 0) is 55.2 Å². The van der Waals surface area contributed by atoms with Gasteiger partial charge in [-0.2, -0.15) is 0 Å². The number of piperidine rings is 1. The van der Waals surface area contributed by atoms with E-state index in [2.05, 4.69) is 10.3 Å². The Kier molecular flexibility index (Phi) is 6.82. The van der Waals surface area contributed by atoms with Crippen molar-refractivity contribution in [2.75, 3.05) is 13.1 Å². The maximum atomic E-state index is 13.2. The molecule has 0 unspecified atom stereocenters. The molecule has 2 aliphatic rings. The average Bonchev–Trinajstić information content (AvgIpc) is 3.32. The number of imidazole rings is 1. The summed E-state index contributed by atoms with van der Waals surface area (Å²) >= 11 is 0. The number of amides is 2. The van der Waals surface area contributed by atoms with Crippen molar-refractivity contribution >= 4 is 11.8 Å². The van der Waals surface area contributed by atoms with Crippen LogP contribution in [0.25, 0.3) is 0 Å². The molecule has 7 nitrogen and oxygen atoms in total. The molecule has 0 saturated carbocycles. The highest BCUT2D eigenvalue weighted by molar-refractivity contribution is 5.93. The van der Waals surface area contributed by atoms with Gasteiger partial charge in [-0.25, -0.2) is 13.8 Å². The van der Waals surface area contributed by atoms with Gasteiger partial charge in [0.2, 0.25) is 5.91 Å². The third-order valence-corrected chi connectivity index (χ3v) is 7.06. The van der Waals surface area contributed by atoms with Gasteiger partial charge in [0, 0.05) is 19.0 Å². The van der Waals surface area contributed by atoms with Gasteiger partial charge >= 0.3 is 0 Å². The molecule has 1 aromatic heterocycles. The number of halogens is 2. The van der Waals surface area contributed by atoms with Crippen molar-refractivity contribution in [3.63, 3.8) is 0 Å². The van der Waals surface area contributed by atoms with Gasteiger partial charge in [0.15, 0.2) is 5.69 Å². The van der Waals surface area contributed by atoms with Crippen molar-refractivity contribution in [2.24, 2.45) is 5.92 Å². The molecule has 188 valence electrons. The summed E-state index contributed by atoms with van der Waals surface area (Å²) in [4.78, 5) is 32.1. The molecular weight excluding hydrogens is 466 g/mol. The summed E-state index contributed by atoms with van der Waals surface area (Å²) in [6, 6.07) is 12.1. The minimum atomic E-state index is -0.312. The second-order valence-electron chi connectivity index (χ2n) is 9.39. The summed E-state index contributed by atoms with van der Waals surface area (Å²) < 4.78 is 34.3. The van der Waals surface area contributed by atoms with Gasteiger partial charge in [-0.1, -0.05) is 24.3 Å². The third kappa shape index (κ3) is 5.02. The van der Waals surface area contributed by atoms with E-state index in [4.69, 9.17) is 4.74 Å². The Hall–Kier alpha value is -3.59. The van der Waals surface area contributed by atoms with E-state index < -0.39 is 0 Å². The van der Waals surface area contributed by atoms with Crippen molar-refractivity contribution < 1.29 is 23.1 Å². The van der Waals surface area contributed by atoms with Gasteiger partial charge in [0.1, 0.15) is 17.7 Å². The van der Waals surface area contributed by atoms with Gasteiger partial charge < -0.3 is 19.5 Å². The molecule has 2 amide bonds. The van der Waals surface area contributed by atoms with Crippen LogP contribution in [0.5, 0.6) is 0 Å². The standard InChI is InChI=1S/C27H28F2N4O3/c1-17(18-2-6-21(28)7-3-18)31-26(34)20-10-12-32(13-11-20)27(35)25-23-15-36-24(14-33(23)16-30-25)19-4-8-22(29)9-5-19/h2-9,16-17,20,24H,10-15H2,1H3,(H,31,34)/t17-,24-/m1/s1. The molecule has 5 rings (SSSR count). The first kappa shape index (κ1) is 24.1. The first-order valence-corrected chi connectivity index (χ1v) is 12.1. The van der Waals surface area contributed by atoms with Crippen LogP contribution in [0, 0.1) is 17.6 Å². The van der Waals surface area contributed by atoms with Crippen molar-refractivity contribution in [1.82, 2.24) is 19.8 Å². The Morgan fingerprint density at radius 3 is 2.33 bits per heavy atom. The van der Waals surface area contributed by atoms with E-state index in [9.17, 15) is 18.4 Å². The number of carbonyl (C=O) groups is 2.